The lowest BCUT2D eigenvalue weighted by molar-refractivity contribution is -0.393. The van der Waals surface area contributed by atoms with Crippen LogP contribution in [-0.2, 0) is 6.18 Å². The minimum atomic E-state index is -4.92. The van der Waals surface area contributed by atoms with E-state index in [2.05, 4.69) is 0 Å². The molecule has 126 valence electrons. The zero-order valence-corrected chi connectivity index (χ0v) is 12.3. The molecule has 0 saturated carbocycles. The molecule has 7 nitrogen and oxygen atoms in total. The predicted octanol–water partition coefficient (Wildman–Crippen LogP) is 3.92. The highest BCUT2D eigenvalue weighted by Gasteiger charge is 2.38. The van der Waals surface area contributed by atoms with E-state index < -0.39 is 38.6 Å². The first-order chi connectivity index (χ1) is 10.6. The maximum atomic E-state index is 12.8. The number of halogens is 3. The van der Waals surface area contributed by atoms with E-state index in [1.54, 1.807) is 26.0 Å². The lowest BCUT2D eigenvalue weighted by Gasteiger charge is -2.21. The van der Waals surface area contributed by atoms with Gasteiger partial charge in [-0.3, -0.25) is 20.2 Å². The minimum absolute atomic E-state index is 0.0973. The Labute approximate surface area is 129 Å². The number of likely N-dealkylation sites (N-methyl/N-ethyl adjacent to an activating group) is 1. The monoisotopic (exact) mass is 333 g/mol. The van der Waals surface area contributed by atoms with Gasteiger partial charge in [0.1, 0.15) is 0 Å². The summed E-state index contributed by atoms with van der Waals surface area (Å²) in [5.41, 5.74) is -3.76. The van der Waals surface area contributed by atoms with E-state index in [0.717, 1.165) is 0 Å². The van der Waals surface area contributed by atoms with Crippen LogP contribution < -0.4 is 4.90 Å². The van der Waals surface area contributed by atoms with Gasteiger partial charge in [0.15, 0.2) is 5.69 Å². The van der Waals surface area contributed by atoms with Crippen molar-refractivity contribution in [1.82, 2.24) is 0 Å². The van der Waals surface area contributed by atoms with Crippen molar-refractivity contribution in [3.8, 4) is 0 Å². The molecule has 1 aromatic carbocycles. The quantitative estimate of drug-likeness (QED) is 0.447. The molecule has 0 fully saturated rings. The van der Waals surface area contributed by atoms with Crippen molar-refractivity contribution in [1.29, 1.82) is 0 Å². The number of benzene rings is 1. The van der Waals surface area contributed by atoms with Crippen LogP contribution in [0.1, 0.15) is 19.4 Å². The molecule has 0 aromatic heterocycles. The molecule has 1 aromatic rings. The third kappa shape index (κ3) is 4.18. The highest BCUT2D eigenvalue weighted by Crippen LogP contribution is 2.43. The van der Waals surface area contributed by atoms with E-state index >= 15 is 0 Å². The molecule has 0 amide bonds. The molecule has 0 N–H and O–H groups in total. The van der Waals surface area contributed by atoms with Crippen LogP contribution in [-0.4, -0.2) is 22.9 Å². The molecule has 1 rings (SSSR count). The van der Waals surface area contributed by atoms with Gasteiger partial charge in [-0.1, -0.05) is 12.2 Å². The Hall–Kier alpha value is -2.65. The lowest BCUT2D eigenvalue weighted by atomic mass is 10.1. The van der Waals surface area contributed by atoms with Gasteiger partial charge < -0.3 is 4.90 Å². The van der Waals surface area contributed by atoms with Crippen LogP contribution in [0.4, 0.5) is 30.2 Å². The van der Waals surface area contributed by atoms with E-state index in [4.69, 9.17) is 0 Å². The summed E-state index contributed by atoms with van der Waals surface area (Å²) in [6, 6.07) is 0.640. The fourth-order valence-corrected chi connectivity index (χ4v) is 1.98. The first kappa shape index (κ1) is 18.4. The largest absolute Gasteiger partial charge is 0.416 e. The normalized spacial score (nSPS) is 11.7. The Bertz CT molecular complexity index is 609. The molecule has 0 heterocycles. The molecule has 0 unspecified atom stereocenters. The van der Waals surface area contributed by atoms with Gasteiger partial charge in [-0.2, -0.15) is 13.2 Å². The van der Waals surface area contributed by atoms with Crippen LogP contribution in [0.2, 0.25) is 0 Å². The van der Waals surface area contributed by atoms with Crippen molar-refractivity contribution in [3.63, 3.8) is 0 Å². The lowest BCUT2D eigenvalue weighted by Crippen LogP contribution is -2.25. The third-order valence-electron chi connectivity index (χ3n) is 3.05. The van der Waals surface area contributed by atoms with Crippen molar-refractivity contribution < 1.29 is 23.0 Å². The van der Waals surface area contributed by atoms with Crippen molar-refractivity contribution in [3.05, 3.63) is 50.1 Å². The molecular formula is C13H14F3N3O4. The molecule has 0 aliphatic carbocycles. The topological polar surface area (TPSA) is 89.5 Å². The zero-order valence-electron chi connectivity index (χ0n) is 12.3. The molecule has 0 radical (unpaired) electrons. The van der Waals surface area contributed by atoms with Gasteiger partial charge in [-0.25, -0.2) is 0 Å². The Morgan fingerprint density at radius 1 is 1.17 bits per heavy atom. The van der Waals surface area contributed by atoms with Crippen LogP contribution in [0.5, 0.6) is 0 Å². The molecule has 0 aliphatic heterocycles. The second-order valence-electron chi connectivity index (χ2n) is 4.48. The Morgan fingerprint density at radius 3 is 1.96 bits per heavy atom. The standard InChI is InChI=1S/C13H14F3N3O4/c1-3-5-6-17(4-2)12-10(18(20)21)7-9(13(14,15)16)8-11(12)19(22)23/h3,5,7-8H,4,6H2,1-2H3. The van der Waals surface area contributed by atoms with Crippen molar-refractivity contribution >= 4 is 17.1 Å². The van der Waals surface area contributed by atoms with E-state index in [9.17, 15) is 33.4 Å². The van der Waals surface area contributed by atoms with Gasteiger partial charge >= 0.3 is 6.18 Å². The smallest absolute Gasteiger partial charge is 0.357 e. The third-order valence-corrected chi connectivity index (χ3v) is 3.05. The van der Waals surface area contributed by atoms with Gasteiger partial charge in [0.05, 0.1) is 15.4 Å². The van der Waals surface area contributed by atoms with Crippen molar-refractivity contribution in [2.75, 3.05) is 18.0 Å². The summed E-state index contributed by atoms with van der Waals surface area (Å²) < 4.78 is 38.5. The summed E-state index contributed by atoms with van der Waals surface area (Å²) in [7, 11) is 0. The molecular weight excluding hydrogens is 319 g/mol. The Morgan fingerprint density at radius 2 is 1.65 bits per heavy atom. The van der Waals surface area contributed by atoms with Crippen LogP contribution in [0.15, 0.2) is 24.3 Å². The number of alkyl halides is 3. The first-order valence-corrected chi connectivity index (χ1v) is 6.53. The minimum Gasteiger partial charge on any atom is -0.357 e. The summed E-state index contributed by atoms with van der Waals surface area (Å²) in [6.45, 7) is 3.52. The van der Waals surface area contributed by atoms with Crippen LogP contribution in [0, 0.1) is 20.2 Å². The summed E-state index contributed by atoms with van der Waals surface area (Å²) >= 11 is 0. The van der Waals surface area contributed by atoms with Crippen molar-refractivity contribution in [2.24, 2.45) is 0 Å². The van der Waals surface area contributed by atoms with Crippen LogP contribution in [0.25, 0.3) is 0 Å². The molecule has 23 heavy (non-hydrogen) atoms. The second-order valence-corrected chi connectivity index (χ2v) is 4.48. The van der Waals surface area contributed by atoms with E-state index in [-0.39, 0.29) is 13.1 Å². The van der Waals surface area contributed by atoms with Crippen LogP contribution in [0.3, 0.4) is 0 Å². The molecule has 10 heteroatoms. The maximum Gasteiger partial charge on any atom is 0.416 e. The first-order valence-electron chi connectivity index (χ1n) is 6.53. The van der Waals surface area contributed by atoms with Crippen molar-refractivity contribution in [2.45, 2.75) is 20.0 Å². The van der Waals surface area contributed by atoms with Gasteiger partial charge in [-0.05, 0) is 13.8 Å². The van der Waals surface area contributed by atoms with E-state index in [1.165, 1.54) is 4.90 Å². The van der Waals surface area contributed by atoms with E-state index in [0.29, 0.717) is 12.1 Å². The number of allylic oxidation sites excluding steroid dienone is 1. The number of hydrogen-bond donors (Lipinski definition) is 0. The number of hydrogen-bond acceptors (Lipinski definition) is 5. The average Bonchev–Trinajstić information content (AvgIpc) is 2.46. The molecule has 0 saturated heterocycles. The number of nitrogens with zero attached hydrogens (tertiary/aromatic N) is 3. The van der Waals surface area contributed by atoms with Gasteiger partial charge in [0.2, 0.25) is 0 Å². The predicted molar refractivity (Wildman–Crippen MR) is 77.5 cm³/mol. The van der Waals surface area contributed by atoms with Gasteiger partial charge in [-0.15, -0.1) is 0 Å². The number of rotatable bonds is 6. The van der Waals surface area contributed by atoms with Crippen LogP contribution >= 0.6 is 0 Å². The highest BCUT2D eigenvalue weighted by atomic mass is 19.4. The van der Waals surface area contributed by atoms with Gasteiger partial charge in [0.25, 0.3) is 11.4 Å². The number of nitro benzene ring substituents is 2. The highest BCUT2D eigenvalue weighted by molar-refractivity contribution is 5.76. The molecule has 0 spiro atoms. The summed E-state index contributed by atoms with van der Waals surface area (Å²) in [6.07, 6.45) is -1.70. The zero-order chi connectivity index (χ0) is 17.8. The Balaban J connectivity index is 3.70. The molecule has 0 aliphatic rings. The molecule has 0 atom stereocenters. The Kier molecular flexibility index (Phi) is 5.66. The molecule has 0 bridgehead atoms. The average molecular weight is 333 g/mol. The summed E-state index contributed by atoms with van der Waals surface area (Å²) in [5.74, 6) is 0. The summed E-state index contributed by atoms with van der Waals surface area (Å²) in [5, 5.41) is 22.3. The SMILES string of the molecule is CC=CCN(CC)c1c([N+](=O)[O-])cc(C(F)(F)F)cc1[N+](=O)[O-]. The number of nitro groups is 2. The number of anilines is 1. The fraction of sp³-hybridized carbons (Fsp3) is 0.385. The maximum absolute atomic E-state index is 12.8. The van der Waals surface area contributed by atoms with E-state index in [1.807, 2.05) is 0 Å². The summed E-state index contributed by atoms with van der Waals surface area (Å²) in [4.78, 5) is 21.5. The second kappa shape index (κ2) is 7.07. The van der Waals surface area contributed by atoms with Gasteiger partial charge in [0, 0.05) is 25.2 Å². The fourth-order valence-electron chi connectivity index (χ4n) is 1.98.